The van der Waals surface area contributed by atoms with Crippen molar-refractivity contribution in [2.75, 3.05) is 28.4 Å². The van der Waals surface area contributed by atoms with E-state index in [1.165, 1.54) is 28.4 Å². The van der Waals surface area contributed by atoms with E-state index in [1.54, 1.807) is 18.2 Å². The zero-order valence-electron chi connectivity index (χ0n) is 14.4. The molecule has 3 atom stereocenters. The van der Waals surface area contributed by atoms with Crippen LogP contribution in [0.2, 0.25) is 0 Å². The molecule has 1 saturated carbocycles. The Kier molecular flexibility index (Phi) is 3.64. The third-order valence-corrected chi connectivity index (χ3v) is 5.23. The maximum Gasteiger partial charge on any atom is 0.292 e. The average molecular weight is 342 g/mol. The monoisotopic (exact) mass is 342 g/mol. The van der Waals surface area contributed by atoms with Gasteiger partial charge in [-0.2, -0.15) is 10.5 Å². The number of aliphatic imine (C=N–C) groups is 1. The van der Waals surface area contributed by atoms with Crippen molar-refractivity contribution in [1.29, 1.82) is 10.5 Å². The molecule has 130 valence electrons. The molecule has 25 heavy (non-hydrogen) atoms. The number of fused-ring (bicyclic) bond motifs is 1. The van der Waals surface area contributed by atoms with Gasteiger partial charge in [-0.05, 0) is 6.07 Å². The van der Waals surface area contributed by atoms with Gasteiger partial charge >= 0.3 is 0 Å². The Morgan fingerprint density at radius 3 is 2.24 bits per heavy atom. The molecule has 1 heterocycles. The lowest BCUT2D eigenvalue weighted by molar-refractivity contribution is -0.230. The summed E-state index contributed by atoms with van der Waals surface area (Å²) in [5, 5.41) is 20.0. The number of hydrogen-bond donors (Lipinski definition) is 1. The van der Waals surface area contributed by atoms with Crippen molar-refractivity contribution in [2.45, 2.75) is 11.8 Å². The molecule has 1 aliphatic carbocycles. The minimum absolute atomic E-state index is 0.00937. The lowest BCUT2D eigenvalue weighted by Crippen LogP contribution is -2.41. The van der Waals surface area contributed by atoms with E-state index in [9.17, 15) is 10.5 Å². The van der Waals surface area contributed by atoms with Gasteiger partial charge in [0.05, 0.1) is 26.4 Å². The molecule has 1 aliphatic heterocycles. The Labute approximate surface area is 145 Å². The SMILES string of the molecule is COc1cccc([C@@H]2[C@@]3(C#N)C(N)=NC(OC)(OC)[C@@]23C#N)c1OC. The van der Waals surface area contributed by atoms with Crippen LogP contribution < -0.4 is 15.2 Å². The Morgan fingerprint density at radius 1 is 1.08 bits per heavy atom. The largest absolute Gasteiger partial charge is 0.493 e. The zero-order chi connectivity index (χ0) is 18.5. The van der Waals surface area contributed by atoms with Crippen LogP contribution in [0.1, 0.15) is 11.5 Å². The van der Waals surface area contributed by atoms with E-state index in [4.69, 9.17) is 24.7 Å². The number of amidine groups is 1. The van der Waals surface area contributed by atoms with Crippen LogP contribution in [0.15, 0.2) is 23.2 Å². The highest BCUT2D eigenvalue weighted by Gasteiger charge is 2.94. The predicted octanol–water partition coefficient (Wildman–Crippen LogP) is 1.14. The molecule has 2 N–H and O–H groups in total. The molecular formula is C17H18N4O4. The van der Waals surface area contributed by atoms with Crippen molar-refractivity contribution in [3.05, 3.63) is 23.8 Å². The van der Waals surface area contributed by atoms with Gasteiger partial charge in [-0.25, -0.2) is 4.99 Å². The number of para-hydroxylation sites is 1. The highest BCUT2D eigenvalue weighted by molar-refractivity contribution is 6.00. The summed E-state index contributed by atoms with van der Waals surface area (Å²) in [6, 6.07) is 9.65. The molecule has 8 heteroatoms. The van der Waals surface area contributed by atoms with Crippen LogP contribution in [0.5, 0.6) is 11.5 Å². The van der Waals surface area contributed by atoms with E-state index in [0.717, 1.165) is 0 Å². The van der Waals surface area contributed by atoms with Gasteiger partial charge in [-0.15, -0.1) is 0 Å². The fraction of sp³-hybridized carbons (Fsp3) is 0.471. The maximum atomic E-state index is 10.0. The number of rotatable bonds is 5. The number of nitrogens with zero attached hydrogens (tertiary/aromatic N) is 3. The van der Waals surface area contributed by atoms with Crippen LogP contribution in [0.25, 0.3) is 0 Å². The molecule has 1 fully saturated rings. The highest BCUT2D eigenvalue weighted by Crippen LogP contribution is 2.82. The van der Waals surface area contributed by atoms with E-state index in [1.807, 2.05) is 0 Å². The molecule has 0 saturated heterocycles. The quantitative estimate of drug-likeness (QED) is 0.796. The topological polar surface area (TPSA) is 123 Å². The molecule has 0 amide bonds. The number of methoxy groups -OCH3 is 4. The van der Waals surface area contributed by atoms with Gasteiger partial charge in [0, 0.05) is 25.7 Å². The minimum atomic E-state index is -1.67. The van der Waals surface area contributed by atoms with E-state index < -0.39 is 22.7 Å². The van der Waals surface area contributed by atoms with Crippen molar-refractivity contribution in [1.82, 2.24) is 0 Å². The molecule has 0 aromatic heterocycles. The summed E-state index contributed by atoms with van der Waals surface area (Å²) in [6.07, 6.45) is 0. The minimum Gasteiger partial charge on any atom is -0.493 e. The first-order valence-electron chi connectivity index (χ1n) is 7.49. The van der Waals surface area contributed by atoms with Gasteiger partial charge in [-0.3, -0.25) is 0 Å². The van der Waals surface area contributed by atoms with Gasteiger partial charge < -0.3 is 24.7 Å². The lowest BCUT2D eigenvalue weighted by atomic mass is 9.93. The number of hydrogen-bond acceptors (Lipinski definition) is 8. The zero-order valence-corrected chi connectivity index (χ0v) is 14.4. The predicted molar refractivity (Wildman–Crippen MR) is 86.8 cm³/mol. The molecule has 3 rings (SSSR count). The van der Waals surface area contributed by atoms with Crippen molar-refractivity contribution in [3.8, 4) is 23.6 Å². The molecule has 0 spiro atoms. The molecule has 0 unspecified atom stereocenters. The Bertz CT molecular complexity index is 836. The summed E-state index contributed by atoms with van der Waals surface area (Å²) in [4.78, 5) is 4.18. The fourth-order valence-electron chi connectivity index (χ4n) is 4.13. The number of benzene rings is 1. The molecular weight excluding hydrogens is 324 g/mol. The van der Waals surface area contributed by atoms with Gasteiger partial charge in [0.15, 0.2) is 16.9 Å². The Morgan fingerprint density at radius 2 is 1.76 bits per heavy atom. The lowest BCUT2D eigenvalue weighted by Gasteiger charge is -2.29. The van der Waals surface area contributed by atoms with E-state index >= 15 is 0 Å². The Balaban J connectivity index is 2.30. The van der Waals surface area contributed by atoms with E-state index in [2.05, 4.69) is 17.1 Å². The van der Waals surface area contributed by atoms with Crippen LogP contribution in [0, 0.1) is 33.5 Å². The van der Waals surface area contributed by atoms with Crippen molar-refractivity contribution >= 4 is 5.84 Å². The first-order valence-corrected chi connectivity index (χ1v) is 7.49. The van der Waals surface area contributed by atoms with Crippen LogP contribution in [-0.4, -0.2) is 40.2 Å². The number of ether oxygens (including phenoxy) is 4. The summed E-state index contributed by atoms with van der Waals surface area (Å²) < 4.78 is 21.7. The fourth-order valence-corrected chi connectivity index (χ4v) is 4.13. The second-order valence-electron chi connectivity index (χ2n) is 5.84. The smallest absolute Gasteiger partial charge is 0.292 e. The van der Waals surface area contributed by atoms with Gasteiger partial charge in [0.1, 0.15) is 11.3 Å². The summed E-state index contributed by atoms with van der Waals surface area (Å²) in [5.41, 5.74) is 3.90. The molecule has 1 aromatic rings. The molecule has 0 radical (unpaired) electrons. The normalized spacial score (nSPS) is 31.3. The Hall–Kier alpha value is -2.81. The summed E-state index contributed by atoms with van der Waals surface area (Å²) >= 11 is 0. The standard InChI is InChI=1S/C17H18N4O4/c1-22-11-7-5-6-10(12(11)23-2)13-15(8-18)14(20)21-17(24-3,25-4)16(13,15)9-19/h5-7,13H,1-4H3,(H2,20,21)/t13-,15+,16+/m1/s1. The third-order valence-electron chi connectivity index (χ3n) is 5.23. The van der Waals surface area contributed by atoms with Gasteiger partial charge in [0.2, 0.25) is 0 Å². The van der Waals surface area contributed by atoms with Crippen LogP contribution in [-0.2, 0) is 9.47 Å². The second-order valence-corrected chi connectivity index (χ2v) is 5.84. The van der Waals surface area contributed by atoms with E-state index in [0.29, 0.717) is 17.1 Å². The molecule has 2 aliphatic rings. The average Bonchev–Trinajstić information content (AvgIpc) is 3.22. The number of nitriles is 2. The summed E-state index contributed by atoms with van der Waals surface area (Å²) in [7, 11) is 5.74. The van der Waals surface area contributed by atoms with Crippen molar-refractivity contribution in [3.63, 3.8) is 0 Å². The van der Waals surface area contributed by atoms with Crippen LogP contribution in [0.3, 0.4) is 0 Å². The second kappa shape index (κ2) is 5.35. The number of nitrogens with two attached hydrogens (primary N) is 1. The van der Waals surface area contributed by atoms with Gasteiger partial charge in [-0.1, -0.05) is 12.1 Å². The summed E-state index contributed by atoms with van der Waals surface area (Å²) in [6.45, 7) is 0. The first kappa shape index (κ1) is 17.0. The highest BCUT2D eigenvalue weighted by atomic mass is 16.7. The molecule has 1 aromatic carbocycles. The summed E-state index contributed by atoms with van der Waals surface area (Å²) in [5.74, 6) is -1.38. The van der Waals surface area contributed by atoms with E-state index in [-0.39, 0.29) is 5.84 Å². The van der Waals surface area contributed by atoms with Crippen LogP contribution >= 0.6 is 0 Å². The first-order chi connectivity index (χ1) is 12.0. The van der Waals surface area contributed by atoms with Crippen molar-refractivity contribution in [2.24, 2.45) is 21.6 Å². The maximum absolute atomic E-state index is 10.0. The molecule has 8 nitrogen and oxygen atoms in total. The molecule has 0 bridgehead atoms. The van der Waals surface area contributed by atoms with Gasteiger partial charge in [0.25, 0.3) is 5.91 Å². The van der Waals surface area contributed by atoms with Crippen molar-refractivity contribution < 1.29 is 18.9 Å². The van der Waals surface area contributed by atoms with Crippen LogP contribution in [0.4, 0.5) is 0 Å². The third kappa shape index (κ3) is 1.58.